The highest BCUT2D eigenvalue weighted by molar-refractivity contribution is 5.94. The first-order chi connectivity index (χ1) is 10.9. The Morgan fingerprint density at radius 1 is 1.39 bits per heavy atom. The fraction of sp³-hybridized carbons (Fsp3) is 0.500. The molecule has 0 saturated carbocycles. The van der Waals surface area contributed by atoms with Crippen LogP contribution in [0.15, 0.2) is 30.9 Å². The third kappa shape index (κ3) is 5.60. The van der Waals surface area contributed by atoms with Crippen molar-refractivity contribution in [3.05, 3.63) is 36.4 Å². The summed E-state index contributed by atoms with van der Waals surface area (Å²) in [5, 5.41) is 0. The minimum absolute atomic E-state index is 0.0606. The van der Waals surface area contributed by atoms with Gasteiger partial charge in [-0.2, -0.15) is 0 Å². The van der Waals surface area contributed by atoms with Crippen LogP contribution >= 0.6 is 0 Å². The third-order valence-corrected chi connectivity index (χ3v) is 3.77. The zero-order valence-electron chi connectivity index (χ0n) is 14.5. The molecule has 0 aliphatic carbocycles. The van der Waals surface area contributed by atoms with Crippen molar-refractivity contribution in [2.45, 2.75) is 26.3 Å². The van der Waals surface area contributed by atoms with E-state index in [2.05, 4.69) is 20.4 Å². The summed E-state index contributed by atoms with van der Waals surface area (Å²) in [7, 11) is 3.33. The van der Waals surface area contributed by atoms with Crippen molar-refractivity contribution in [1.29, 1.82) is 0 Å². The summed E-state index contributed by atoms with van der Waals surface area (Å²) < 4.78 is 10.8. The van der Waals surface area contributed by atoms with Crippen LogP contribution in [0.1, 0.15) is 30.6 Å². The average Bonchev–Trinajstić information content (AvgIpc) is 2.56. The molecule has 0 aromatic heterocycles. The number of amides is 1. The maximum atomic E-state index is 12.5. The van der Waals surface area contributed by atoms with E-state index in [9.17, 15) is 4.79 Å². The largest absolute Gasteiger partial charge is 0.493 e. The second kappa shape index (κ2) is 9.20. The molecule has 1 unspecified atom stereocenters. The topological polar surface area (TPSA) is 64.8 Å². The summed E-state index contributed by atoms with van der Waals surface area (Å²) in [5.74, 6) is 1.47. The van der Waals surface area contributed by atoms with E-state index in [1.807, 2.05) is 0 Å². The zero-order chi connectivity index (χ0) is 17.4. The van der Waals surface area contributed by atoms with Crippen molar-refractivity contribution in [2.75, 3.05) is 27.3 Å². The van der Waals surface area contributed by atoms with Gasteiger partial charge in [0.25, 0.3) is 5.91 Å². The predicted molar refractivity (Wildman–Crippen MR) is 93.1 cm³/mol. The normalized spacial score (nSPS) is 11.9. The first-order valence-corrected chi connectivity index (χ1v) is 7.83. The van der Waals surface area contributed by atoms with Crippen molar-refractivity contribution >= 4 is 5.91 Å². The number of hydrogen-bond donors (Lipinski definition) is 1. The Kier molecular flexibility index (Phi) is 7.62. The molecule has 0 aliphatic rings. The van der Waals surface area contributed by atoms with Crippen molar-refractivity contribution in [3.8, 4) is 11.5 Å². The van der Waals surface area contributed by atoms with Crippen LogP contribution in [0.25, 0.3) is 0 Å². The van der Waals surface area contributed by atoms with Crippen LogP contribution in [0.4, 0.5) is 0 Å². The van der Waals surface area contributed by atoms with Gasteiger partial charge in [0.15, 0.2) is 11.5 Å². The molecule has 5 nitrogen and oxygen atoms in total. The van der Waals surface area contributed by atoms with E-state index in [0.717, 1.165) is 6.42 Å². The van der Waals surface area contributed by atoms with Crippen LogP contribution in [0.5, 0.6) is 11.5 Å². The lowest BCUT2D eigenvalue weighted by Gasteiger charge is -2.22. The quantitative estimate of drug-likeness (QED) is 0.711. The van der Waals surface area contributed by atoms with Crippen LogP contribution in [0, 0.1) is 5.92 Å². The molecule has 2 N–H and O–H groups in total. The van der Waals surface area contributed by atoms with Gasteiger partial charge in [-0.25, -0.2) is 0 Å². The molecule has 1 rings (SSSR count). The maximum Gasteiger partial charge on any atom is 0.253 e. The lowest BCUT2D eigenvalue weighted by atomic mass is 10.0. The third-order valence-electron chi connectivity index (χ3n) is 3.77. The van der Waals surface area contributed by atoms with Gasteiger partial charge in [-0.1, -0.05) is 26.5 Å². The Morgan fingerprint density at radius 3 is 2.65 bits per heavy atom. The Morgan fingerprint density at radius 2 is 2.09 bits per heavy atom. The lowest BCUT2D eigenvalue weighted by molar-refractivity contribution is 0.0788. The zero-order valence-corrected chi connectivity index (χ0v) is 14.5. The molecule has 128 valence electrons. The highest BCUT2D eigenvalue weighted by Gasteiger charge is 2.16. The molecular formula is C18H28N2O3. The number of ether oxygens (including phenoxy) is 2. The van der Waals surface area contributed by atoms with E-state index < -0.39 is 0 Å². The second-order valence-corrected chi connectivity index (χ2v) is 5.89. The highest BCUT2D eigenvalue weighted by Crippen LogP contribution is 2.28. The number of nitrogens with two attached hydrogens (primary N) is 1. The predicted octanol–water partition coefficient (Wildman–Crippen LogP) is 2.71. The van der Waals surface area contributed by atoms with Crippen molar-refractivity contribution < 1.29 is 14.3 Å². The van der Waals surface area contributed by atoms with E-state index in [4.69, 9.17) is 15.2 Å². The van der Waals surface area contributed by atoms with Crippen molar-refractivity contribution in [2.24, 2.45) is 11.7 Å². The summed E-state index contributed by atoms with van der Waals surface area (Å²) in [6.45, 7) is 8.78. The number of nitrogens with zero attached hydrogens (tertiary/aromatic N) is 1. The van der Waals surface area contributed by atoms with Gasteiger partial charge in [0.1, 0.15) is 6.61 Å². The number of carbonyl (C=O) groups excluding carboxylic acids is 1. The lowest BCUT2D eigenvalue weighted by Crippen LogP contribution is -2.34. The average molecular weight is 320 g/mol. The monoisotopic (exact) mass is 320 g/mol. The molecule has 0 bridgehead atoms. The van der Waals surface area contributed by atoms with E-state index >= 15 is 0 Å². The summed E-state index contributed by atoms with van der Waals surface area (Å²) in [4.78, 5) is 14.2. The van der Waals surface area contributed by atoms with Gasteiger partial charge in [-0.05, 0) is 30.5 Å². The molecule has 1 aromatic carbocycles. The Balaban J connectivity index is 2.76. The molecule has 0 aliphatic heterocycles. The van der Waals surface area contributed by atoms with Gasteiger partial charge < -0.3 is 20.1 Å². The Bertz CT molecular complexity index is 529. The van der Waals surface area contributed by atoms with Gasteiger partial charge in [0, 0.05) is 25.2 Å². The molecule has 1 amide bonds. The number of carbonyl (C=O) groups is 1. The molecule has 0 fully saturated rings. The summed E-state index contributed by atoms with van der Waals surface area (Å²) >= 11 is 0. The molecule has 0 radical (unpaired) electrons. The second-order valence-electron chi connectivity index (χ2n) is 5.89. The minimum atomic E-state index is -0.0606. The van der Waals surface area contributed by atoms with E-state index in [1.54, 1.807) is 43.3 Å². The first-order valence-electron chi connectivity index (χ1n) is 7.83. The molecular weight excluding hydrogens is 292 g/mol. The van der Waals surface area contributed by atoms with Gasteiger partial charge in [-0.3, -0.25) is 4.79 Å². The van der Waals surface area contributed by atoms with Gasteiger partial charge in [-0.15, -0.1) is 0 Å². The van der Waals surface area contributed by atoms with E-state index in [1.165, 1.54) is 0 Å². The van der Waals surface area contributed by atoms with Gasteiger partial charge >= 0.3 is 0 Å². The van der Waals surface area contributed by atoms with Crippen molar-refractivity contribution in [1.82, 2.24) is 4.90 Å². The number of rotatable bonds is 9. The number of hydrogen-bond acceptors (Lipinski definition) is 4. The first kappa shape index (κ1) is 19.0. The van der Waals surface area contributed by atoms with Crippen LogP contribution < -0.4 is 15.2 Å². The molecule has 0 heterocycles. The molecule has 0 saturated heterocycles. The Labute approximate surface area is 139 Å². The van der Waals surface area contributed by atoms with Crippen LogP contribution in [-0.2, 0) is 0 Å². The SMILES string of the molecule is C=CCOc1ccc(C(=O)N(C)CCC(N)C(C)C)cc1OC. The van der Waals surface area contributed by atoms with Gasteiger partial charge in [0.2, 0.25) is 0 Å². The smallest absolute Gasteiger partial charge is 0.253 e. The van der Waals surface area contributed by atoms with Crippen LogP contribution in [-0.4, -0.2) is 44.2 Å². The van der Waals surface area contributed by atoms with Crippen molar-refractivity contribution in [3.63, 3.8) is 0 Å². The summed E-state index contributed by atoms with van der Waals surface area (Å²) in [6, 6.07) is 5.26. The Hall–Kier alpha value is -2.01. The van der Waals surface area contributed by atoms with Crippen LogP contribution in [0.2, 0.25) is 0 Å². The molecule has 1 aromatic rings. The van der Waals surface area contributed by atoms with E-state index in [0.29, 0.717) is 36.1 Å². The van der Waals surface area contributed by atoms with Crippen LogP contribution in [0.3, 0.4) is 0 Å². The maximum absolute atomic E-state index is 12.5. The number of methoxy groups -OCH3 is 1. The highest BCUT2D eigenvalue weighted by atomic mass is 16.5. The summed E-state index contributed by atoms with van der Waals surface area (Å²) in [5.41, 5.74) is 6.60. The standard InChI is InChI=1S/C18H28N2O3/c1-6-11-23-16-8-7-14(12-17(16)22-5)18(21)20(4)10-9-15(19)13(2)3/h6-8,12-13,15H,1,9-11,19H2,2-5H3. The fourth-order valence-electron chi connectivity index (χ4n) is 2.07. The van der Waals surface area contributed by atoms with Gasteiger partial charge in [0.05, 0.1) is 7.11 Å². The molecule has 5 heteroatoms. The summed E-state index contributed by atoms with van der Waals surface area (Å²) in [6.07, 6.45) is 2.43. The number of benzene rings is 1. The minimum Gasteiger partial charge on any atom is -0.493 e. The molecule has 23 heavy (non-hydrogen) atoms. The molecule has 1 atom stereocenters. The molecule has 0 spiro atoms. The van der Waals surface area contributed by atoms with E-state index in [-0.39, 0.29) is 11.9 Å². The fourth-order valence-corrected chi connectivity index (χ4v) is 2.07.